The fourth-order valence-electron chi connectivity index (χ4n) is 2.94. The van der Waals surface area contributed by atoms with Crippen molar-refractivity contribution in [1.82, 2.24) is 19.8 Å². The third-order valence-electron chi connectivity index (χ3n) is 4.68. The number of H-pyrrole nitrogens is 1. The van der Waals surface area contributed by atoms with Crippen LogP contribution < -0.4 is 5.56 Å². The minimum Gasteiger partial charge on any atom is -0.340 e. The lowest BCUT2D eigenvalue weighted by Crippen LogP contribution is -2.48. The van der Waals surface area contributed by atoms with Crippen molar-refractivity contribution in [3.8, 4) is 0 Å². The summed E-state index contributed by atoms with van der Waals surface area (Å²) >= 11 is 1.41. The molecule has 7 heteroatoms. The zero-order chi connectivity index (χ0) is 17.1. The highest BCUT2D eigenvalue weighted by Gasteiger charge is 2.22. The molecule has 0 saturated carbocycles. The minimum atomic E-state index is -0.0626. The summed E-state index contributed by atoms with van der Waals surface area (Å²) in [6.07, 6.45) is 1.68. The van der Waals surface area contributed by atoms with E-state index in [1.807, 2.05) is 16.3 Å². The summed E-state index contributed by atoms with van der Waals surface area (Å²) in [5.74, 6) is 1.41. The van der Waals surface area contributed by atoms with E-state index in [-0.39, 0.29) is 11.5 Å². The summed E-state index contributed by atoms with van der Waals surface area (Å²) in [6.45, 7) is 7.99. The Morgan fingerprint density at radius 2 is 2.12 bits per heavy atom. The van der Waals surface area contributed by atoms with Gasteiger partial charge in [0.25, 0.3) is 5.56 Å². The highest BCUT2D eigenvalue weighted by atomic mass is 32.1. The number of carbonyl (C=O) groups excluding carboxylic acids is 1. The standard InChI is InChI=1S/C17H24N4O2S/c1-3-12(2)10-15(22)21-7-5-20(6-8-21)11-14-18-13-4-9-24-16(13)17(23)19-14/h4,9,12H,3,5-8,10-11H2,1-2H3,(H,18,19,23). The lowest BCUT2D eigenvalue weighted by molar-refractivity contribution is -0.133. The van der Waals surface area contributed by atoms with E-state index in [0.717, 1.165) is 38.1 Å². The fraction of sp³-hybridized carbons (Fsp3) is 0.588. The van der Waals surface area contributed by atoms with Gasteiger partial charge in [-0.2, -0.15) is 0 Å². The van der Waals surface area contributed by atoms with Crippen molar-refractivity contribution in [1.29, 1.82) is 0 Å². The van der Waals surface area contributed by atoms with E-state index in [1.165, 1.54) is 11.3 Å². The van der Waals surface area contributed by atoms with Crippen LogP contribution in [0.25, 0.3) is 10.2 Å². The molecule has 6 nitrogen and oxygen atoms in total. The molecule has 0 radical (unpaired) electrons. The Morgan fingerprint density at radius 3 is 2.83 bits per heavy atom. The molecule has 0 bridgehead atoms. The lowest BCUT2D eigenvalue weighted by Gasteiger charge is -2.34. The van der Waals surface area contributed by atoms with Crippen LogP contribution in [-0.4, -0.2) is 51.9 Å². The third-order valence-corrected chi connectivity index (χ3v) is 5.58. The van der Waals surface area contributed by atoms with Gasteiger partial charge in [-0.25, -0.2) is 4.98 Å². The molecule has 1 unspecified atom stereocenters. The van der Waals surface area contributed by atoms with Crippen molar-refractivity contribution in [3.05, 3.63) is 27.6 Å². The molecule has 1 saturated heterocycles. The number of fused-ring (bicyclic) bond motifs is 1. The van der Waals surface area contributed by atoms with Gasteiger partial charge in [0.2, 0.25) is 5.91 Å². The van der Waals surface area contributed by atoms with Crippen molar-refractivity contribution < 1.29 is 4.79 Å². The van der Waals surface area contributed by atoms with Gasteiger partial charge in [-0.3, -0.25) is 14.5 Å². The number of aromatic amines is 1. The number of thiophene rings is 1. The van der Waals surface area contributed by atoms with Gasteiger partial charge in [-0.05, 0) is 17.4 Å². The van der Waals surface area contributed by atoms with Crippen molar-refractivity contribution in [2.75, 3.05) is 26.2 Å². The Balaban J connectivity index is 1.56. The van der Waals surface area contributed by atoms with Crippen molar-refractivity contribution in [2.24, 2.45) is 5.92 Å². The molecule has 1 aliphatic rings. The maximum Gasteiger partial charge on any atom is 0.268 e. The topological polar surface area (TPSA) is 69.3 Å². The van der Waals surface area contributed by atoms with Crippen LogP contribution in [0.1, 0.15) is 32.5 Å². The second-order valence-electron chi connectivity index (χ2n) is 6.52. The molecule has 1 fully saturated rings. The van der Waals surface area contributed by atoms with E-state index in [0.29, 0.717) is 29.4 Å². The molecule has 2 aromatic rings. The molecule has 24 heavy (non-hydrogen) atoms. The van der Waals surface area contributed by atoms with E-state index in [1.54, 1.807) is 0 Å². The van der Waals surface area contributed by atoms with Gasteiger partial charge in [-0.1, -0.05) is 20.3 Å². The predicted octanol–water partition coefficient (Wildman–Crippen LogP) is 2.06. The van der Waals surface area contributed by atoms with Gasteiger partial charge in [0.05, 0.1) is 12.1 Å². The monoisotopic (exact) mass is 348 g/mol. The van der Waals surface area contributed by atoms with E-state index in [4.69, 9.17) is 0 Å². The molecule has 3 heterocycles. The van der Waals surface area contributed by atoms with Crippen LogP contribution >= 0.6 is 11.3 Å². The van der Waals surface area contributed by atoms with E-state index in [2.05, 4.69) is 28.7 Å². The van der Waals surface area contributed by atoms with Gasteiger partial charge in [0.15, 0.2) is 0 Å². The maximum absolute atomic E-state index is 12.2. The molecule has 0 aromatic carbocycles. The minimum absolute atomic E-state index is 0.0626. The summed E-state index contributed by atoms with van der Waals surface area (Å²) in [6, 6.07) is 1.88. The first kappa shape index (κ1) is 17.1. The van der Waals surface area contributed by atoms with Crippen molar-refractivity contribution in [2.45, 2.75) is 33.2 Å². The Bertz CT molecular complexity index is 761. The number of carbonyl (C=O) groups is 1. The Hall–Kier alpha value is -1.73. The number of rotatable bonds is 5. The number of hydrogen-bond donors (Lipinski definition) is 1. The summed E-state index contributed by atoms with van der Waals surface area (Å²) in [5, 5.41) is 1.89. The predicted molar refractivity (Wildman–Crippen MR) is 96.2 cm³/mol. The molecule has 1 N–H and O–H groups in total. The average molecular weight is 348 g/mol. The molecule has 1 amide bonds. The summed E-state index contributed by atoms with van der Waals surface area (Å²) < 4.78 is 0.680. The number of nitrogens with one attached hydrogen (secondary N) is 1. The highest BCUT2D eigenvalue weighted by Crippen LogP contribution is 2.15. The zero-order valence-corrected chi connectivity index (χ0v) is 15.1. The Morgan fingerprint density at radius 1 is 1.38 bits per heavy atom. The number of piperazine rings is 1. The quantitative estimate of drug-likeness (QED) is 0.898. The number of amides is 1. The molecule has 130 valence electrons. The normalized spacial score (nSPS) is 17.3. The van der Waals surface area contributed by atoms with Crippen LogP contribution in [0.4, 0.5) is 0 Å². The second kappa shape index (κ2) is 7.44. The molecule has 2 aromatic heterocycles. The molecule has 0 aliphatic carbocycles. The SMILES string of the molecule is CCC(C)CC(=O)N1CCN(Cc2nc3ccsc3c(=O)[nH]2)CC1. The first-order valence-corrected chi connectivity index (χ1v) is 9.41. The summed E-state index contributed by atoms with van der Waals surface area (Å²) in [4.78, 5) is 35.9. The van der Waals surface area contributed by atoms with Gasteiger partial charge in [0.1, 0.15) is 10.5 Å². The average Bonchev–Trinajstić information content (AvgIpc) is 3.04. The second-order valence-corrected chi connectivity index (χ2v) is 7.44. The van der Waals surface area contributed by atoms with Crippen molar-refractivity contribution >= 4 is 27.5 Å². The first-order valence-electron chi connectivity index (χ1n) is 8.53. The van der Waals surface area contributed by atoms with Crippen LogP contribution in [0.15, 0.2) is 16.2 Å². The van der Waals surface area contributed by atoms with E-state index < -0.39 is 0 Å². The number of nitrogens with zero attached hydrogens (tertiary/aromatic N) is 3. The molecule has 0 spiro atoms. The first-order chi connectivity index (χ1) is 11.6. The number of hydrogen-bond acceptors (Lipinski definition) is 5. The summed E-state index contributed by atoms with van der Waals surface area (Å²) in [7, 11) is 0. The van der Waals surface area contributed by atoms with Crippen LogP contribution in [0.3, 0.4) is 0 Å². The van der Waals surface area contributed by atoms with Gasteiger partial charge >= 0.3 is 0 Å². The molecule has 1 atom stereocenters. The molecular weight excluding hydrogens is 324 g/mol. The fourth-order valence-corrected chi connectivity index (χ4v) is 3.66. The summed E-state index contributed by atoms with van der Waals surface area (Å²) in [5.41, 5.74) is 0.702. The molecule has 1 aliphatic heterocycles. The van der Waals surface area contributed by atoms with Crippen LogP contribution in [0.2, 0.25) is 0 Å². The molecule has 3 rings (SSSR count). The maximum atomic E-state index is 12.2. The van der Waals surface area contributed by atoms with E-state index >= 15 is 0 Å². The lowest BCUT2D eigenvalue weighted by atomic mass is 10.0. The van der Waals surface area contributed by atoms with Gasteiger partial charge < -0.3 is 9.88 Å². The smallest absolute Gasteiger partial charge is 0.268 e. The van der Waals surface area contributed by atoms with E-state index in [9.17, 15) is 9.59 Å². The van der Waals surface area contributed by atoms with Crippen LogP contribution in [0, 0.1) is 5.92 Å². The van der Waals surface area contributed by atoms with Crippen molar-refractivity contribution in [3.63, 3.8) is 0 Å². The Kier molecular flexibility index (Phi) is 5.30. The largest absolute Gasteiger partial charge is 0.340 e. The number of aromatic nitrogens is 2. The molecular formula is C17H24N4O2S. The van der Waals surface area contributed by atoms with Crippen LogP contribution in [0.5, 0.6) is 0 Å². The van der Waals surface area contributed by atoms with Gasteiger partial charge in [-0.15, -0.1) is 11.3 Å². The zero-order valence-electron chi connectivity index (χ0n) is 14.2. The Labute approximate surface area is 145 Å². The highest BCUT2D eigenvalue weighted by molar-refractivity contribution is 7.17. The van der Waals surface area contributed by atoms with Crippen LogP contribution in [-0.2, 0) is 11.3 Å². The van der Waals surface area contributed by atoms with Gasteiger partial charge in [0, 0.05) is 32.6 Å². The third kappa shape index (κ3) is 3.84.